The van der Waals surface area contributed by atoms with Gasteiger partial charge in [0, 0.05) is 26.3 Å². The molecule has 1 N–H and O–H groups in total. The molecule has 0 fully saturated rings. The van der Waals surface area contributed by atoms with Crippen molar-refractivity contribution in [2.24, 2.45) is 0 Å². The van der Waals surface area contributed by atoms with Gasteiger partial charge in [-0.25, -0.2) is 4.98 Å². The second-order valence-electron chi connectivity index (χ2n) is 4.86. The van der Waals surface area contributed by atoms with Crippen molar-refractivity contribution < 1.29 is 4.74 Å². The van der Waals surface area contributed by atoms with E-state index in [4.69, 9.17) is 4.74 Å². The first kappa shape index (κ1) is 15.3. The number of ether oxygens (including phenoxy) is 1. The van der Waals surface area contributed by atoms with Gasteiger partial charge >= 0.3 is 0 Å². The molecule has 0 unspecified atom stereocenters. The number of rotatable bonds is 7. The van der Waals surface area contributed by atoms with Crippen LogP contribution in [-0.2, 0) is 13.1 Å². The SMILES string of the molecule is CCNCc1cncc(N(C)Cc2cccc(OC)c2)n1. The molecule has 0 atom stereocenters. The Labute approximate surface area is 126 Å². The van der Waals surface area contributed by atoms with Gasteiger partial charge in [0.2, 0.25) is 0 Å². The molecule has 0 saturated heterocycles. The molecule has 2 aromatic rings. The molecule has 0 saturated carbocycles. The molecule has 2 rings (SSSR count). The van der Waals surface area contributed by atoms with Crippen LogP contribution in [0.25, 0.3) is 0 Å². The highest BCUT2D eigenvalue weighted by Crippen LogP contribution is 2.16. The van der Waals surface area contributed by atoms with Crippen LogP contribution in [0.5, 0.6) is 5.75 Å². The van der Waals surface area contributed by atoms with E-state index in [1.54, 1.807) is 19.5 Å². The van der Waals surface area contributed by atoms with Crippen molar-refractivity contribution in [2.45, 2.75) is 20.0 Å². The lowest BCUT2D eigenvalue weighted by Gasteiger charge is -2.18. The van der Waals surface area contributed by atoms with Crippen molar-refractivity contribution in [3.8, 4) is 5.75 Å². The molecule has 1 heterocycles. The van der Waals surface area contributed by atoms with E-state index in [1.807, 2.05) is 25.2 Å². The molecular weight excluding hydrogens is 264 g/mol. The number of methoxy groups -OCH3 is 1. The van der Waals surface area contributed by atoms with E-state index in [0.717, 1.165) is 36.9 Å². The van der Waals surface area contributed by atoms with Gasteiger partial charge in [-0.05, 0) is 24.2 Å². The van der Waals surface area contributed by atoms with Crippen LogP contribution < -0.4 is 15.0 Å². The van der Waals surface area contributed by atoms with E-state index >= 15 is 0 Å². The molecule has 0 aliphatic carbocycles. The normalized spacial score (nSPS) is 10.4. The van der Waals surface area contributed by atoms with Crippen LogP contribution in [-0.4, -0.2) is 30.7 Å². The molecule has 0 radical (unpaired) electrons. The Bertz CT molecular complexity index is 574. The zero-order valence-corrected chi connectivity index (χ0v) is 12.8. The quantitative estimate of drug-likeness (QED) is 0.846. The fourth-order valence-electron chi connectivity index (χ4n) is 2.04. The number of hydrogen-bond acceptors (Lipinski definition) is 5. The highest BCUT2D eigenvalue weighted by molar-refractivity contribution is 5.38. The average Bonchev–Trinajstić information content (AvgIpc) is 2.53. The van der Waals surface area contributed by atoms with Crippen LogP contribution in [0.2, 0.25) is 0 Å². The lowest BCUT2D eigenvalue weighted by molar-refractivity contribution is 0.414. The minimum absolute atomic E-state index is 0.740. The fourth-order valence-corrected chi connectivity index (χ4v) is 2.04. The summed E-state index contributed by atoms with van der Waals surface area (Å²) in [4.78, 5) is 11.0. The molecule has 0 aliphatic rings. The van der Waals surface area contributed by atoms with E-state index in [-0.39, 0.29) is 0 Å². The third-order valence-corrected chi connectivity index (χ3v) is 3.17. The molecule has 1 aromatic heterocycles. The first-order valence-electron chi connectivity index (χ1n) is 7.08. The summed E-state index contributed by atoms with van der Waals surface area (Å²) in [6.07, 6.45) is 3.58. The van der Waals surface area contributed by atoms with Gasteiger partial charge in [0.1, 0.15) is 11.6 Å². The Morgan fingerprint density at radius 3 is 2.90 bits per heavy atom. The smallest absolute Gasteiger partial charge is 0.147 e. The van der Waals surface area contributed by atoms with Crippen LogP contribution in [0, 0.1) is 0 Å². The van der Waals surface area contributed by atoms with Crippen molar-refractivity contribution >= 4 is 5.82 Å². The Balaban J connectivity index is 2.06. The zero-order chi connectivity index (χ0) is 15.1. The molecule has 0 bridgehead atoms. The van der Waals surface area contributed by atoms with E-state index in [1.165, 1.54) is 5.56 Å². The number of hydrogen-bond donors (Lipinski definition) is 1. The highest BCUT2D eigenvalue weighted by Gasteiger charge is 2.06. The first-order chi connectivity index (χ1) is 10.2. The van der Waals surface area contributed by atoms with Gasteiger partial charge in [0.05, 0.1) is 19.0 Å². The molecule has 0 aliphatic heterocycles. The summed E-state index contributed by atoms with van der Waals surface area (Å²) in [5.74, 6) is 1.74. The maximum absolute atomic E-state index is 5.25. The van der Waals surface area contributed by atoms with Crippen molar-refractivity contribution in [3.05, 3.63) is 47.9 Å². The van der Waals surface area contributed by atoms with Gasteiger partial charge in [-0.3, -0.25) is 4.98 Å². The summed E-state index contributed by atoms with van der Waals surface area (Å²) in [6.45, 7) is 4.50. The largest absolute Gasteiger partial charge is 0.497 e. The third kappa shape index (κ3) is 4.43. The maximum Gasteiger partial charge on any atom is 0.147 e. The summed E-state index contributed by atoms with van der Waals surface area (Å²) >= 11 is 0. The number of anilines is 1. The molecule has 112 valence electrons. The standard InChI is InChI=1S/C16H22N4O/c1-4-17-9-14-10-18-11-16(19-14)20(2)12-13-6-5-7-15(8-13)21-3/h5-8,10-11,17H,4,9,12H2,1-3H3. The van der Waals surface area contributed by atoms with Gasteiger partial charge in [-0.15, -0.1) is 0 Å². The summed E-state index contributed by atoms with van der Waals surface area (Å²) in [6, 6.07) is 8.05. The first-order valence-corrected chi connectivity index (χ1v) is 7.08. The second-order valence-corrected chi connectivity index (χ2v) is 4.86. The minimum atomic E-state index is 0.740. The number of nitrogens with one attached hydrogen (secondary N) is 1. The predicted octanol–water partition coefficient (Wildman–Crippen LogP) is 2.23. The fraction of sp³-hybridized carbons (Fsp3) is 0.375. The monoisotopic (exact) mass is 286 g/mol. The van der Waals surface area contributed by atoms with Gasteiger partial charge in [-0.1, -0.05) is 19.1 Å². The Hall–Kier alpha value is -2.14. The third-order valence-electron chi connectivity index (χ3n) is 3.17. The van der Waals surface area contributed by atoms with E-state index in [0.29, 0.717) is 0 Å². The minimum Gasteiger partial charge on any atom is -0.497 e. The zero-order valence-electron chi connectivity index (χ0n) is 12.8. The maximum atomic E-state index is 5.25. The molecule has 21 heavy (non-hydrogen) atoms. The molecule has 5 heteroatoms. The number of aromatic nitrogens is 2. The van der Waals surface area contributed by atoms with Crippen LogP contribution in [0.15, 0.2) is 36.7 Å². The van der Waals surface area contributed by atoms with Crippen LogP contribution in [0.4, 0.5) is 5.82 Å². The van der Waals surface area contributed by atoms with Gasteiger partial charge in [-0.2, -0.15) is 0 Å². The van der Waals surface area contributed by atoms with Crippen LogP contribution in [0.3, 0.4) is 0 Å². The average molecular weight is 286 g/mol. The molecule has 1 aromatic carbocycles. The molecule has 0 spiro atoms. The van der Waals surface area contributed by atoms with Crippen molar-refractivity contribution in [1.29, 1.82) is 0 Å². The van der Waals surface area contributed by atoms with Gasteiger partial charge < -0.3 is 15.0 Å². The molecular formula is C16H22N4O. The molecule has 5 nitrogen and oxygen atoms in total. The lowest BCUT2D eigenvalue weighted by atomic mass is 10.2. The Morgan fingerprint density at radius 2 is 2.14 bits per heavy atom. The number of benzene rings is 1. The summed E-state index contributed by atoms with van der Waals surface area (Å²) in [5, 5.41) is 3.26. The Morgan fingerprint density at radius 1 is 1.29 bits per heavy atom. The van der Waals surface area contributed by atoms with Crippen molar-refractivity contribution in [3.63, 3.8) is 0 Å². The second kappa shape index (κ2) is 7.59. The van der Waals surface area contributed by atoms with Crippen LogP contribution >= 0.6 is 0 Å². The summed E-state index contributed by atoms with van der Waals surface area (Å²) < 4.78 is 5.25. The topological polar surface area (TPSA) is 50.3 Å². The van der Waals surface area contributed by atoms with Gasteiger partial charge in [0.15, 0.2) is 0 Å². The van der Waals surface area contributed by atoms with Gasteiger partial charge in [0.25, 0.3) is 0 Å². The van der Waals surface area contributed by atoms with Crippen LogP contribution in [0.1, 0.15) is 18.2 Å². The highest BCUT2D eigenvalue weighted by atomic mass is 16.5. The Kier molecular flexibility index (Phi) is 5.51. The predicted molar refractivity (Wildman–Crippen MR) is 84.5 cm³/mol. The van der Waals surface area contributed by atoms with E-state index in [9.17, 15) is 0 Å². The summed E-state index contributed by atoms with van der Waals surface area (Å²) in [5.41, 5.74) is 2.13. The van der Waals surface area contributed by atoms with Crippen molar-refractivity contribution in [1.82, 2.24) is 15.3 Å². The van der Waals surface area contributed by atoms with Crippen molar-refractivity contribution in [2.75, 3.05) is 25.6 Å². The molecule has 0 amide bonds. The van der Waals surface area contributed by atoms with E-state index < -0.39 is 0 Å². The lowest BCUT2D eigenvalue weighted by Crippen LogP contribution is -2.20. The summed E-state index contributed by atoms with van der Waals surface area (Å²) in [7, 11) is 3.69. The van der Waals surface area contributed by atoms with E-state index in [2.05, 4.69) is 33.2 Å². The number of nitrogens with zero attached hydrogens (tertiary/aromatic N) is 3.